The summed E-state index contributed by atoms with van der Waals surface area (Å²) in [4.78, 5) is 8.57. The minimum Gasteiger partial charge on any atom is -0.223 e. The average Bonchev–Trinajstić information content (AvgIpc) is 2.04. The molecule has 0 atom stereocenters. The topological polar surface area (TPSA) is 25.8 Å². The molecule has 0 radical (unpaired) electrons. The van der Waals surface area contributed by atoms with Crippen LogP contribution in [-0.2, 0) is 0 Å². The molecule has 0 bridgehead atoms. The van der Waals surface area contributed by atoms with Gasteiger partial charge >= 0.3 is 0 Å². The Morgan fingerprint density at radius 3 is 2.58 bits per heavy atom. The first-order chi connectivity index (χ1) is 5.77. The molecule has 1 aromatic carbocycles. The number of rotatable bonds is 0. The first kappa shape index (κ1) is 8.61. The fourth-order valence-electron chi connectivity index (χ4n) is 1.01. The summed E-state index contributed by atoms with van der Waals surface area (Å²) >= 11 is 4.35. The molecule has 1 aromatic heterocycles. The molecule has 0 N–H and O–H groups in total. The Balaban J connectivity index is 2.89. The van der Waals surface area contributed by atoms with Crippen LogP contribution in [0, 0.1) is 7.53 Å². The molecule has 12 heavy (non-hydrogen) atoms. The maximum Gasteiger partial charge on any atom is 0.192 e. The number of hydrogen-bond donors (Lipinski definition) is 0. The van der Waals surface area contributed by atoms with Gasteiger partial charge in [-0.3, -0.25) is 0 Å². The Hall–Kier alpha value is 0.0200. The number of benzene rings is 1. The normalized spacial score (nSPS) is 10.5. The van der Waals surface area contributed by atoms with Crippen LogP contribution in [0.2, 0.25) is 0 Å². The summed E-state index contributed by atoms with van der Waals surface area (Å²) in [6.07, 6.45) is 0. The summed E-state index contributed by atoms with van der Waals surface area (Å²) in [5.74, 6) is 0. The van der Waals surface area contributed by atoms with Gasteiger partial charge in [0.15, 0.2) is 3.83 Å². The van der Waals surface area contributed by atoms with Gasteiger partial charge in [0.05, 0.1) is 5.52 Å². The molecule has 2 rings (SSSR count). The second kappa shape index (κ2) is 3.41. The average molecular weight is 382 g/mol. The lowest BCUT2D eigenvalue weighted by Gasteiger charge is -1.98. The van der Waals surface area contributed by atoms with Crippen LogP contribution >= 0.6 is 45.2 Å². The zero-order chi connectivity index (χ0) is 8.55. The predicted octanol–water partition coefficient (Wildman–Crippen LogP) is 2.84. The molecule has 0 aliphatic carbocycles. The number of hydrogen-bond acceptors (Lipinski definition) is 2. The molecule has 2 aromatic rings. The summed E-state index contributed by atoms with van der Waals surface area (Å²) in [6, 6.07) is 8.02. The van der Waals surface area contributed by atoms with E-state index in [1.54, 1.807) is 0 Å². The maximum absolute atomic E-state index is 4.31. The number of para-hydroxylation sites is 1. The zero-order valence-corrected chi connectivity index (χ0v) is 10.3. The minimum absolute atomic E-state index is 0.802. The van der Waals surface area contributed by atoms with Gasteiger partial charge in [-0.15, -0.1) is 0 Å². The first-order valence-electron chi connectivity index (χ1n) is 3.35. The van der Waals surface area contributed by atoms with E-state index in [4.69, 9.17) is 0 Å². The van der Waals surface area contributed by atoms with Crippen LogP contribution in [0.4, 0.5) is 0 Å². The van der Waals surface area contributed by atoms with E-state index in [-0.39, 0.29) is 0 Å². The monoisotopic (exact) mass is 382 g/mol. The Morgan fingerprint density at radius 2 is 1.75 bits per heavy atom. The highest BCUT2D eigenvalue weighted by molar-refractivity contribution is 14.1. The van der Waals surface area contributed by atoms with Crippen molar-refractivity contribution in [3.05, 3.63) is 31.8 Å². The highest BCUT2D eigenvalue weighted by Gasteiger charge is 2.01. The fraction of sp³-hybridized carbons (Fsp3) is 0. The molecule has 0 spiro atoms. The van der Waals surface area contributed by atoms with Crippen LogP contribution in [0.15, 0.2) is 24.3 Å². The lowest BCUT2D eigenvalue weighted by molar-refractivity contribution is 1.13. The summed E-state index contributed by atoms with van der Waals surface area (Å²) in [6.45, 7) is 0. The second-order valence-corrected chi connectivity index (χ2v) is 4.29. The van der Waals surface area contributed by atoms with Crippen LogP contribution in [-0.4, -0.2) is 9.97 Å². The Morgan fingerprint density at radius 1 is 1.00 bits per heavy atom. The number of halogens is 2. The zero-order valence-electron chi connectivity index (χ0n) is 5.96. The first-order valence-corrected chi connectivity index (χ1v) is 5.51. The van der Waals surface area contributed by atoms with Crippen molar-refractivity contribution in [1.29, 1.82) is 0 Å². The van der Waals surface area contributed by atoms with Gasteiger partial charge in [-0.1, -0.05) is 18.2 Å². The van der Waals surface area contributed by atoms with E-state index in [1.807, 2.05) is 24.3 Å². The molecule has 0 saturated carbocycles. The highest BCUT2D eigenvalue weighted by atomic mass is 127. The van der Waals surface area contributed by atoms with Gasteiger partial charge in [0, 0.05) is 28.0 Å². The van der Waals surface area contributed by atoms with Crippen molar-refractivity contribution < 1.29 is 0 Å². The van der Waals surface area contributed by atoms with Crippen molar-refractivity contribution in [3.63, 3.8) is 0 Å². The third-order valence-corrected chi connectivity index (χ3v) is 2.83. The standard InChI is InChI=1S/C8H4I2N2/c9-7-5-3-1-2-4-6(5)11-8(10)12-7/h1-4H. The van der Waals surface area contributed by atoms with Crippen molar-refractivity contribution in [1.82, 2.24) is 9.97 Å². The van der Waals surface area contributed by atoms with Gasteiger partial charge in [-0.05, 0) is 28.7 Å². The molecule has 4 heteroatoms. The van der Waals surface area contributed by atoms with Gasteiger partial charge in [-0.25, -0.2) is 9.97 Å². The van der Waals surface area contributed by atoms with E-state index < -0.39 is 0 Å². The lowest BCUT2D eigenvalue weighted by atomic mass is 10.2. The minimum atomic E-state index is 0.802. The largest absolute Gasteiger partial charge is 0.223 e. The summed E-state index contributed by atoms with van der Waals surface area (Å²) in [5, 5.41) is 1.12. The van der Waals surface area contributed by atoms with E-state index >= 15 is 0 Å². The van der Waals surface area contributed by atoms with Gasteiger partial charge in [0.25, 0.3) is 0 Å². The van der Waals surface area contributed by atoms with Crippen LogP contribution in [0.5, 0.6) is 0 Å². The van der Waals surface area contributed by atoms with Crippen molar-refractivity contribution in [2.24, 2.45) is 0 Å². The van der Waals surface area contributed by atoms with E-state index in [2.05, 4.69) is 55.1 Å². The van der Waals surface area contributed by atoms with E-state index in [1.165, 1.54) is 0 Å². The summed E-state index contributed by atoms with van der Waals surface area (Å²) < 4.78 is 1.82. The maximum atomic E-state index is 4.31. The molecular weight excluding hydrogens is 378 g/mol. The van der Waals surface area contributed by atoms with Gasteiger partial charge in [0.2, 0.25) is 0 Å². The van der Waals surface area contributed by atoms with Gasteiger partial charge in [-0.2, -0.15) is 0 Å². The van der Waals surface area contributed by atoms with Crippen LogP contribution in [0.1, 0.15) is 0 Å². The Bertz CT molecular complexity index is 428. The number of fused-ring (bicyclic) bond motifs is 1. The van der Waals surface area contributed by atoms with E-state index in [9.17, 15) is 0 Å². The van der Waals surface area contributed by atoms with E-state index in [0.717, 1.165) is 18.4 Å². The Kier molecular flexibility index (Phi) is 2.44. The molecule has 0 unspecified atom stereocenters. The number of nitrogens with zero attached hydrogens (tertiary/aromatic N) is 2. The van der Waals surface area contributed by atoms with Crippen LogP contribution in [0.25, 0.3) is 10.9 Å². The highest BCUT2D eigenvalue weighted by Crippen LogP contribution is 2.17. The van der Waals surface area contributed by atoms with Gasteiger partial charge < -0.3 is 0 Å². The smallest absolute Gasteiger partial charge is 0.192 e. The molecule has 0 saturated heterocycles. The van der Waals surface area contributed by atoms with E-state index in [0.29, 0.717) is 0 Å². The third-order valence-electron chi connectivity index (χ3n) is 1.53. The molecule has 60 valence electrons. The molecule has 0 aliphatic rings. The fourth-order valence-corrected chi connectivity index (χ4v) is 2.66. The molecule has 2 nitrogen and oxygen atoms in total. The third kappa shape index (κ3) is 1.54. The van der Waals surface area contributed by atoms with Crippen molar-refractivity contribution in [2.45, 2.75) is 0 Å². The van der Waals surface area contributed by atoms with Gasteiger partial charge in [0.1, 0.15) is 3.70 Å². The quantitative estimate of drug-likeness (QED) is 0.398. The molecular formula is C8H4I2N2. The van der Waals surface area contributed by atoms with Crippen LogP contribution in [0.3, 0.4) is 0 Å². The molecule has 0 amide bonds. The second-order valence-electron chi connectivity index (χ2n) is 2.30. The molecule has 1 heterocycles. The number of aromatic nitrogens is 2. The van der Waals surface area contributed by atoms with Crippen LogP contribution < -0.4 is 0 Å². The summed E-state index contributed by atoms with van der Waals surface area (Å²) in [7, 11) is 0. The van der Waals surface area contributed by atoms with Crippen molar-refractivity contribution in [2.75, 3.05) is 0 Å². The summed E-state index contributed by atoms with van der Waals surface area (Å²) in [5.41, 5.74) is 1.02. The Labute approximate surface area is 97.1 Å². The van der Waals surface area contributed by atoms with Crippen molar-refractivity contribution >= 4 is 56.1 Å². The van der Waals surface area contributed by atoms with Crippen molar-refractivity contribution in [3.8, 4) is 0 Å². The molecule has 0 fully saturated rings. The predicted molar refractivity (Wildman–Crippen MR) is 65.0 cm³/mol. The lowest BCUT2D eigenvalue weighted by Crippen LogP contribution is -1.91. The molecule has 0 aliphatic heterocycles. The SMILES string of the molecule is Ic1nc(I)c2ccccc2n1.